The number of rotatable bonds is 8. The third-order valence-corrected chi connectivity index (χ3v) is 3.61. The number of ether oxygens (including phenoxy) is 1. The van der Waals surface area contributed by atoms with Crippen LogP contribution in [0.1, 0.15) is 11.1 Å². The number of alkyl carbamates (subject to hydrolysis) is 1. The van der Waals surface area contributed by atoms with Crippen LogP contribution in [0.5, 0.6) is 0 Å². The smallest absolute Gasteiger partial charge is 0.407 e. The van der Waals surface area contributed by atoms with Gasteiger partial charge in [0.05, 0.1) is 0 Å². The number of benzene rings is 2. The highest BCUT2D eigenvalue weighted by Gasteiger charge is 2.19. The van der Waals surface area contributed by atoms with Crippen molar-refractivity contribution in [3.63, 3.8) is 0 Å². The van der Waals surface area contributed by atoms with Crippen LogP contribution in [0.25, 0.3) is 0 Å². The van der Waals surface area contributed by atoms with E-state index in [1.165, 1.54) is 18.2 Å². The van der Waals surface area contributed by atoms with Crippen LogP contribution in [-0.4, -0.2) is 30.5 Å². The normalized spacial score (nSPS) is 11.3. The predicted molar refractivity (Wildman–Crippen MR) is 95.9 cm³/mol. The summed E-state index contributed by atoms with van der Waals surface area (Å²) in [5, 5.41) is 4.69. The fourth-order valence-corrected chi connectivity index (χ4v) is 2.29. The second kappa shape index (κ2) is 9.91. The molecule has 0 bridgehead atoms. The predicted octanol–water partition coefficient (Wildman–Crippen LogP) is 1.26. The minimum Gasteiger partial charge on any atom is -0.445 e. The lowest BCUT2D eigenvalue weighted by Crippen LogP contribution is -2.49. The summed E-state index contributed by atoms with van der Waals surface area (Å²) in [5.74, 6) is -1.84. The zero-order chi connectivity index (χ0) is 19.6. The highest BCUT2D eigenvalue weighted by molar-refractivity contribution is 5.88. The van der Waals surface area contributed by atoms with Gasteiger partial charge in [0.15, 0.2) is 0 Å². The molecule has 8 heteroatoms. The van der Waals surface area contributed by atoms with Crippen LogP contribution in [0.3, 0.4) is 0 Å². The molecule has 0 heterocycles. The summed E-state index contributed by atoms with van der Waals surface area (Å²) in [6.45, 7) is -0.321. The Morgan fingerprint density at radius 2 is 1.74 bits per heavy atom. The summed E-state index contributed by atoms with van der Waals surface area (Å²) in [4.78, 5) is 35.1. The van der Waals surface area contributed by atoms with Gasteiger partial charge in [-0.05, 0) is 23.3 Å². The second-order valence-corrected chi connectivity index (χ2v) is 5.77. The van der Waals surface area contributed by atoms with E-state index in [0.717, 1.165) is 5.56 Å². The maximum atomic E-state index is 13.2. The van der Waals surface area contributed by atoms with Gasteiger partial charge in [0.25, 0.3) is 0 Å². The largest absolute Gasteiger partial charge is 0.445 e. The van der Waals surface area contributed by atoms with Gasteiger partial charge < -0.3 is 21.1 Å². The molecule has 1 atom stereocenters. The third-order valence-electron chi connectivity index (χ3n) is 3.61. The van der Waals surface area contributed by atoms with Crippen LogP contribution in [0, 0.1) is 5.82 Å². The Kier molecular flexibility index (Phi) is 7.30. The third kappa shape index (κ3) is 7.15. The molecular formula is C19H20FN3O4. The Bertz CT molecular complexity index is 799. The monoisotopic (exact) mass is 373 g/mol. The molecule has 3 amide bonds. The lowest BCUT2D eigenvalue weighted by atomic mass is 10.1. The fraction of sp³-hybridized carbons (Fsp3) is 0.211. The van der Waals surface area contributed by atoms with Gasteiger partial charge in [0, 0.05) is 6.42 Å². The molecule has 4 N–H and O–H groups in total. The van der Waals surface area contributed by atoms with Crippen molar-refractivity contribution < 1.29 is 23.5 Å². The van der Waals surface area contributed by atoms with Crippen LogP contribution in [0.15, 0.2) is 54.6 Å². The van der Waals surface area contributed by atoms with Crippen molar-refractivity contribution >= 4 is 17.9 Å². The number of nitrogens with two attached hydrogens (primary N) is 1. The van der Waals surface area contributed by atoms with E-state index in [-0.39, 0.29) is 19.6 Å². The molecule has 2 aromatic rings. The van der Waals surface area contributed by atoms with Crippen LogP contribution >= 0.6 is 0 Å². The maximum Gasteiger partial charge on any atom is 0.407 e. The number of amides is 3. The highest BCUT2D eigenvalue weighted by Crippen LogP contribution is 2.06. The molecule has 0 spiro atoms. The number of primary amides is 1. The Balaban J connectivity index is 1.78. The molecule has 0 aromatic heterocycles. The summed E-state index contributed by atoms with van der Waals surface area (Å²) < 4.78 is 18.2. The van der Waals surface area contributed by atoms with Gasteiger partial charge in [-0.2, -0.15) is 0 Å². The Morgan fingerprint density at radius 3 is 2.41 bits per heavy atom. The first-order chi connectivity index (χ1) is 12.9. The minimum absolute atomic E-state index is 0.0390. The van der Waals surface area contributed by atoms with Crippen molar-refractivity contribution in [2.45, 2.75) is 19.1 Å². The average Bonchev–Trinajstić information content (AvgIpc) is 2.65. The van der Waals surface area contributed by atoms with E-state index in [9.17, 15) is 18.8 Å². The van der Waals surface area contributed by atoms with E-state index < -0.39 is 29.8 Å². The lowest BCUT2D eigenvalue weighted by molar-refractivity contribution is -0.126. The molecule has 27 heavy (non-hydrogen) atoms. The van der Waals surface area contributed by atoms with E-state index in [2.05, 4.69) is 10.6 Å². The quantitative estimate of drug-likeness (QED) is 0.647. The average molecular weight is 373 g/mol. The second-order valence-electron chi connectivity index (χ2n) is 5.77. The molecule has 7 nitrogen and oxygen atoms in total. The first-order valence-electron chi connectivity index (χ1n) is 8.21. The standard InChI is InChI=1S/C19H20FN3O4/c20-15-8-4-7-14(9-15)10-16(18(21)25)23-17(24)11-22-19(26)27-12-13-5-2-1-3-6-13/h1-9,16H,10-12H2,(H2,21,25)(H,22,26)(H,23,24)/t16-/m0/s1. The van der Waals surface area contributed by atoms with Gasteiger partial charge in [-0.15, -0.1) is 0 Å². The summed E-state index contributed by atoms with van der Waals surface area (Å²) in [5.41, 5.74) is 6.59. The minimum atomic E-state index is -1.03. The first kappa shape index (κ1) is 19.9. The van der Waals surface area contributed by atoms with E-state index in [4.69, 9.17) is 10.5 Å². The van der Waals surface area contributed by atoms with Crippen molar-refractivity contribution in [3.05, 3.63) is 71.5 Å². The van der Waals surface area contributed by atoms with Crippen LogP contribution in [0.2, 0.25) is 0 Å². The molecule has 0 saturated carbocycles. The van der Waals surface area contributed by atoms with E-state index in [1.54, 1.807) is 18.2 Å². The Labute approximate surface area is 155 Å². The van der Waals surface area contributed by atoms with Gasteiger partial charge in [-0.25, -0.2) is 9.18 Å². The lowest BCUT2D eigenvalue weighted by Gasteiger charge is -2.16. The SMILES string of the molecule is NC(=O)[C@H](Cc1cccc(F)c1)NC(=O)CNC(=O)OCc1ccccc1. The van der Waals surface area contributed by atoms with Gasteiger partial charge in [-0.3, -0.25) is 9.59 Å². The molecule has 0 aliphatic carbocycles. The summed E-state index contributed by atoms with van der Waals surface area (Å²) >= 11 is 0. The summed E-state index contributed by atoms with van der Waals surface area (Å²) in [7, 11) is 0. The molecular weight excluding hydrogens is 353 g/mol. The van der Waals surface area contributed by atoms with Gasteiger partial charge in [0.1, 0.15) is 25.0 Å². The van der Waals surface area contributed by atoms with Gasteiger partial charge >= 0.3 is 6.09 Å². The number of hydrogen-bond donors (Lipinski definition) is 3. The zero-order valence-electron chi connectivity index (χ0n) is 14.5. The summed E-state index contributed by atoms with van der Waals surface area (Å²) in [6, 6.07) is 13.7. The molecule has 2 aromatic carbocycles. The molecule has 142 valence electrons. The van der Waals surface area contributed by atoms with Gasteiger partial charge in [0.2, 0.25) is 11.8 Å². The van der Waals surface area contributed by atoms with Crippen LogP contribution < -0.4 is 16.4 Å². The van der Waals surface area contributed by atoms with Crippen molar-refractivity contribution in [2.24, 2.45) is 5.73 Å². The van der Waals surface area contributed by atoms with Crippen molar-refractivity contribution in [1.82, 2.24) is 10.6 Å². The molecule has 0 aliphatic heterocycles. The zero-order valence-corrected chi connectivity index (χ0v) is 14.5. The molecule has 0 radical (unpaired) electrons. The maximum absolute atomic E-state index is 13.2. The van der Waals surface area contributed by atoms with E-state index in [1.807, 2.05) is 18.2 Å². The van der Waals surface area contributed by atoms with Crippen LogP contribution in [-0.2, 0) is 27.4 Å². The molecule has 0 fully saturated rings. The highest BCUT2D eigenvalue weighted by atomic mass is 19.1. The van der Waals surface area contributed by atoms with Crippen LogP contribution in [0.4, 0.5) is 9.18 Å². The van der Waals surface area contributed by atoms with Crippen molar-refractivity contribution in [3.8, 4) is 0 Å². The topological polar surface area (TPSA) is 111 Å². The molecule has 0 unspecified atom stereocenters. The Hall–Kier alpha value is -3.42. The molecule has 0 aliphatic rings. The number of carbonyl (C=O) groups is 3. The first-order valence-corrected chi connectivity index (χ1v) is 8.21. The van der Waals surface area contributed by atoms with Crippen molar-refractivity contribution in [2.75, 3.05) is 6.54 Å². The van der Waals surface area contributed by atoms with Crippen molar-refractivity contribution in [1.29, 1.82) is 0 Å². The molecule has 0 saturated heterocycles. The number of hydrogen-bond acceptors (Lipinski definition) is 4. The Morgan fingerprint density at radius 1 is 1.04 bits per heavy atom. The number of halogens is 1. The van der Waals surface area contributed by atoms with E-state index >= 15 is 0 Å². The summed E-state index contributed by atoms with van der Waals surface area (Å²) in [6.07, 6.45) is -0.730. The number of nitrogens with one attached hydrogen (secondary N) is 2. The fourth-order valence-electron chi connectivity index (χ4n) is 2.29. The van der Waals surface area contributed by atoms with E-state index in [0.29, 0.717) is 5.56 Å². The molecule has 2 rings (SSSR count). The number of carbonyl (C=O) groups excluding carboxylic acids is 3. The van der Waals surface area contributed by atoms with Gasteiger partial charge in [-0.1, -0.05) is 42.5 Å².